The van der Waals surface area contributed by atoms with Gasteiger partial charge in [-0.2, -0.15) is 13.1 Å². The van der Waals surface area contributed by atoms with E-state index in [0.717, 1.165) is 5.56 Å². The molecule has 5 nitrogen and oxygen atoms in total. The second-order valence-corrected chi connectivity index (χ2v) is 6.09. The second-order valence-electron chi connectivity index (χ2n) is 4.71. The zero-order valence-electron chi connectivity index (χ0n) is 10.2. The van der Waals surface area contributed by atoms with Crippen molar-refractivity contribution >= 4 is 10.2 Å². The molecular weight excluding hydrogens is 240 g/mol. The summed E-state index contributed by atoms with van der Waals surface area (Å²) < 4.78 is 25.4. The van der Waals surface area contributed by atoms with E-state index in [0.29, 0.717) is 0 Å². The molecule has 6 heteroatoms. The van der Waals surface area contributed by atoms with Crippen LogP contribution in [-0.2, 0) is 21.7 Å². The van der Waals surface area contributed by atoms with Gasteiger partial charge in [-0.05, 0) is 26.3 Å². The topological polar surface area (TPSA) is 67.4 Å². The molecule has 1 aromatic rings. The molecular formula is C11H18N2O3S. The van der Waals surface area contributed by atoms with Crippen molar-refractivity contribution in [1.29, 1.82) is 0 Å². The fourth-order valence-electron chi connectivity index (χ4n) is 1.19. The average Bonchev–Trinajstić information content (AvgIpc) is 2.15. The maximum Gasteiger partial charge on any atom is 0.299 e. The lowest BCUT2D eigenvalue weighted by atomic mass is 10.1. The fraction of sp³-hybridized carbons (Fsp3) is 0.455. The second kappa shape index (κ2) is 5.59. The normalized spacial score (nSPS) is 12.6. The molecule has 0 atom stereocenters. The van der Waals surface area contributed by atoms with Gasteiger partial charge in [0, 0.05) is 5.54 Å². The molecule has 17 heavy (non-hydrogen) atoms. The summed E-state index contributed by atoms with van der Waals surface area (Å²) >= 11 is 0. The smallest absolute Gasteiger partial charge is 0.281 e. The predicted octanol–water partition coefficient (Wildman–Crippen LogP) is 1.34. The first kappa shape index (κ1) is 14.1. The van der Waals surface area contributed by atoms with Crippen LogP contribution >= 0.6 is 0 Å². The molecule has 0 unspecified atom stereocenters. The Morgan fingerprint density at radius 1 is 1.18 bits per heavy atom. The summed E-state index contributed by atoms with van der Waals surface area (Å²) in [7, 11) is -3.63. The van der Waals surface area contributed by atoms with Crippen molar-refractivity contribution in [3.8, 4) is 0 Å². The lowest BCUT2D eigenvalue weighted by Crippen LogP contribution is -2.46. The Labute approximate surface area is 102 Å². The SMILES string of the molecule is CC(C)(C)NS(=O)(=O)NOCc1ccccc1. The first-order valence-corrected chi connectivity index (χ1v) is 6.73. The van der Waals surface area contributed by atoms with Gasteiger partial charge in [-0.1, -0.05) is 35.2 Å². The summed E-state index contributed by atoms with van der Waals surface area (Å²) in [6, 6.07) is 9.31. The van der Waals surface area contributed by atoms with Gasteiger partial charge < -0.3 is 0 Å². The molecule has 0 aliphatic heterocycles. The van der Waals surface area contributed by atoms with Crippen LogP contribution in [0.2, 0.25) is 0 Å². The van der Waals surface area contributed by atoms with Crippen molar-refractivity contribution in [3.05, 3.63) is 35.9 Å². The zero-order chi connectivity index (χ0) is 12.9. The Morgan fingerprint density at radius 3 is 2.29 bits per heavy atom. The van der Waals surface area contributed by atoms with E-state index in [9.17, 15) is 8.42 Å². The van der Waals surface area contributed by atoms with E-state index in [1.807, 2.05) is 35.2 Å². The third-order valence-electron chi connectivity index (χ3n) is 1.69. The Balaban J connectivity index is 2.41. The van der Waals surface area contributed by atoms with Gasteiger partial charge in [0.05, 0.1) is 6.61 Å². The highest BCUT2D eigenvalue weighted by Crippen LogP contribution is 2.02. The van der Waals surface area contributed by atoms with Crippen LogP contribution in [0.3, 0.4) is 0 Å². The number of nitrogens with one attached hydrogen (secondary N) is 2. The lowest BCUT2D eigenvalue weighted by molar-refractivity contribution is 0.0779. The van der Waals surface area contributed by atoms with Crippen LogP contribution in [0.15, 0.2) is 30.3 Å². The molecule has 0 saturated heterocycles. The van der Waals surface area contributed by atoms with Crippen molar-refractivity contribution in [2.24, 2.45) is 0 Å². The van der Waals surface area contributed by atoms with E-state index in [1.54, 1.807) is 20.8 Å². The fourth-order valence-corrected chi connectivity index (χ4v) is 2.25. The maximum atomic E-state index is 11.5. The number of hydrogen-bond acceptors (Lipinski definition) is 3. The Kier molecular flexibility index (Phi) is 4.64. The average molecular weight is 258 g/mol. The minimum Gasteiger partial charge on any atom is -0.281 e. The number of benzene rings is 1. The van der Waals surface area contributed by atoms with Gasteiger partial charge in [0.2, 0.25) is 0 Å². The molecule has 0 radical (unpaired) electrons. The minimum absolute atomic E-state index is 0.186. The van der Waals surface area contributed by atoms with Crippen LogP contribution in [0.25, 0.3) is 0 Å². The van der Waals surface area contributed by atoms with Crippen LogP contribution in [0.4, 0.5) is 0 Å². The molecule has 0 aliphatic carbocycles. The Morgan fingerprint density at radius 2 is 1.76 bits per heavy atom. The molecule has 0 heterocycles. The molecule has 96 valence electrons. The Bertz CT molecular complexity index is 438. The zero-order valence-corrected chi connectivity index (χ0v) is 11.0. The van der Waals surface area contributed by atoms with Crippen molar-refractivity contribution < 1.29 is 13.3 Å². The van der Waals surface area contributed by atoms with E-state index >= 15 is 0 Å². The van der Waals surface area contributed by atoms with Crippen molar-refractivity contribution in [1.82, 2.24) is 9.61 Å². The molecule has 0 aromatic heterocycles. The largest absolute Gasteiger partial charge is 0.299 e. The van der Waals surface area contributed by atoms with Crippen LogP contribution in [0.5, 0.6) is 0 Å². The summed E-state index contributed by atoms with van der Waals surface area (Å²) in [5.41, 5.74) is 0.355. The van der Waals surface area contributed by atoms with Crippen molar-refractivity contribution in [3.63, 3.8) is 0 Å². The first-order valence-electron chi connectivity index (χ1n) is 5.25. The van der Waals surface area contributed by atoms with Gasteiger partial charge in [-0.3, -0.25) is 4.84 Å². The van der Waals surface area contributed by atoms with Gasteiger partial charge in [-0.25, -0.2) is 0 Å². The van der Waals surface area contributed by atoms with Crippen LogP contribution in [0.1, 0.15) is 26.3 Å². The van der Waals surface area contributed by atoms with E-state index in [2.05, 4.69) is 4.72 Å². The number of hydrogen-bond donors (Lipinski definition) is 2. The van der Waals surface area contributed by atoms with E-state index in [4.69, 9.17) is 4.84 Å². The highest BCUT2D eigenvalue weighted by Gasteiger charge is 2.19. The summed E-state index contributed by atoms with van der Waals surface area (Å²) in [5.74, 6) is 0. The minimum atomic E-state index is -3.63. The number of rotatable bonds is 5. The van der Waals surface area contributed by atoms with Crippen LogP contribution < -0.4 is 9.61 Å². The van der Waals surface area contributed by atoms with E-state index < -0.39 is 15.7 Å². The molecule has 0 bridgehead atoms. The first-order chi connectivity index (χ1) is 7.79. The van der Waals surface area contributed by atoms with E-state index in [-0.39, 0.29) is 6.61 Å². The third-order valence-corrected chi connectivity index (χ3v) is 2.91. The Hall–Kier alpha value is -0.950. The maximum absolute atomic E-state index is 11.5. The monoisotopic (exact) mass is 258 g/mol. The lowest BCUT2D eigenvalue weighted by Gasteiger charge is -2.20. The van der Waals surface area contributed by atoms with Crippen LogP contribution in [0, 0.1) is 0 Å². The van der Waals surface area contributed by atoms with Gasteiger partial charge in [0.1, 0.15) is 0 Å². The van der Waals surface area contributed by atoms with Gasteiger partial charge >= 0.3 is 0 Å². The molecule has 2 N–H and O–H groups in total. The van der Waals surface area contributed by atoms with E-state index in [1.165, 1.54) is 0 Å². The quantitative estimate of drug-likeness (QED) is 0.783. The summed E-state index contributed by atoms with van der Waals surface area (Å²) in [4.78, 5) is 6.96. The molecule has 0 saturated carbocycles. The predicted molar refractivity (Wildman–Crippen MR) is 66.2 cm³/mol. The summed E-state index contributed by atoms with van der Waals surface area (Å²) in [6.07, 6.45) is 0. The molecule has 0 aliphatic rings. The highest BCUT2D eigenvalue weighted by molar-refractivity contribution is 7.87. The van der Waals surface area contributed by atoms with Crippen molar-refractivity contribution in [2.45, 2.75) is 32.9 Å². The van der Waals surface area contributed by atoms with Crippen molar-refractivity contribution in [2.75, 3.05) is 0 Å². The summed E-state index contributed by atoms with van der Waals surface area (Å²) in [6.45, 7) is 5.45. The molecule has 1 rings (SSSR count). The summed E-state index contributed by atoms with van der Waals surface area (Å²) in [5, 5.41) is 0. The van der Waals surface area contributed by atoms with Gasteiger partial charge in [0.25, 0.3) is 10.2 Å². The standard InChI is InChI=1S/C11H18N2O3S/c1-11(2,3)12-17(14,15)13-16-9-10-7-5-4-6-8-10/h4-8,12-13H,9H2,1-3H3. The molecule has 1 aromatic carbocycles. The third kappa shape index (κ3) is 6.38. The molecule has 0 amide bonds. The molecule has 0 spiro atoms. The van der Waals surface area contributed by atoms with Gasteiger partial charge in [-0.15, -0.1) is 0 Å². The van der Waals surface area contributed by atoms with Gasteiger partial charge in [0.15, 0.2) is 0 Å². The van der Waals surface area contributed by atoms with Crippen LogP contribution in [-0.4, -0.2) is 14.0 Å². The molecule has 0 fully saturated rings. The highest BCUT2D eigenvalue weighted by atomic mass is 32.2.